The molecule has 1 heterocycles. The molecular weight excluding hydrogens is 292 g/mol. The van der Waals surface area contributed by atoms with Crippen LogP contribution in [0.3, 0.4) is 0 Å². The van der Waals surface area contributed by atoms with Gasteiger partial charge in [0.15, 0.2) is 0 Å². The minimum atomic E-state index is -0.0334. The zero-order valence-corrected chi connectivity index (χ0v) is 11.8. The summed E-state index contributed by atoms with van der Waals surface area (Å²) in [5.74, 6) is -0.0334. The number of carbonyl (C=O) groups is 1. The first kappa shape index (κ1) is 13.0. The van der Waals surface area contributed by atoms with Gasteiger partial charge in [0.2, 0.25) is 0 Å². The lowest BCUT2D eigenvalue weighted by Gasteiger charge is -2.07. The van der Waals surface area contributed by atoms with E-state index in [0.29, 0.717) is 12.1 Å². The van der Waals surface area contributed by atoms with Crippen molar-refractivity contribution in [2.75, 3.05) is 6.54 Å². The van der Waals surface area contributed by atoms with Gasteiger partial charge in [0.05, 0.1) is 11.1 Å². The Balaban J connectivity index is 2.33. The van der Waals surface area contributed by atoms with E-state index in [1.807, 2.05) is 18.2 Å². The van der Waals surface area contributed by atoms with E-state index in [1.54, 1.807) is 12.3 Å². The molecule has 2 aromatic rings. The average Bonchev–Trinajstić information content (AvgIpc) is 2.39. The predicted molar refractivity (Wildman–Crippen MR) is 76.7 cm³/mol. The molecule has 1 aromatic carbocycles. The molecule has 2 rings (SSSR count). The number of para-hydroxylation sites is 1. The van der Waals surface area contributed by atoms with Crippen LogP contribution in [0.1, 0.15) is 30.1 Å². The number of fused-ring (bicyclic) bond motifs is 1. The zero-order chi connectivity index (χ0) is 13.0. The molecule has 3 nitrogen and oxygen atoms in total. The lowest BCUT2D eigenvalue weighted by Crippen LogP contribution is -2.24. The molecule has 0 bridgehead atoms. The molecule has 1 amide bonds. The molecule has 18 heavy (non-hydrogen) atoms. The first-order valence-electron chi connectivity index (χ1n) is 6.05. The maximum Gasteiger partial charge on any atom is 0.252 e. The quantitative estimate of drug-likeness (QED) is 0.878. The third kappa shape index (κ3) is 2.70. The van der Waals surface area contributed by atoms with Crippen molar-refractivity contribution >= 4 is 32.7 Å². The van der Waals surface area contributed by atoms with Crippen LogP contribution in [0, 0.1) is 0 Å². The molecular formula is C14H15BrN2O. The number of rotatable bonds is 4. The fraction of sp³-hybridized carbons (Fsp3) is 0.286. The fourth-order valence-corrected chi connectivity index (χ4v) is 2.28. The third-order valence-electron chi connectivity index (χ3n) is 2.78. The number of halogens is 1. The smallest absolute Gasteiger partial charge is 0.252 e. The molecule has 1 N–H and O–H groups in total. The number of carbonyl (C=O) groups excluding carboxylic acids is 1. The number of unbranched alkanes of at least 4 members (excludes halogenated alkanes) is 1. The Morgan fingerprint density at radius 3 is 3.00 bits per heavy atom. The van der Waals surface area contributed by atoms with Crippen LogP contribution in [-0.2, 0) is 0 Å². The molecule has 0 fully saturated rings. The highest BCUT2D eigenvalue weighted by Gasteiger charge is 2.10. The number of pyridine rings is 1. The van der Waals surface area contributed by atoms with Crippen molar-refractivity contribution in [1.29, 1.82) is 0 Å². The Morgan fingerprint density at radius 1 is 1.39 bits per heavy atom. The lowest BCUT2D eigenvalue weighted by atomic mass is 10.1. The summed E-state index contributed by atoms with van der Waals surface area (Å²) in [5, 5.41) is 3.81. The summed E-state index contributed by atoms with van der Waals surface area (Å²) in [4.78, 5) is 16.4. The van der Waals surface area contributed by atoms with E-state index >= 15 is 0 Å². The summed E-state index contributed by atoms with van der Waals surface area (Å²) in [6, 6.07) is 7.52. The topological polar surface area (TPSA) is 42.0 Å². The van der Waals surface area contributed by atoms with Crippen molar-refractivity contribution in [3.8, 4) is 0 Å². The molecule has 0 saturated heterocycles. The Hall–Kier alpha value is -1.42. The maximum absolute atomic E-state index is 12.1. The van der Waals surface area contributed by atoms with E-state index in [-0.39, 0.29) is 5.91 Å². The Kier molecular flexibility index (Phi) is 4.31. The van der Waals surface area contributed by atoms with Crippen molar-refractivity contribution in [1.82, 2.24) is 10.3 Å². The number of benzene rings is 1. The number of amides is 1. The average molecular weight is 307 g/mol. The summed E-state index contributed by atoms with van der Waals surface area (Å²) >= 11 is 3.45. The number of hydrogen-bond donors (Lipinski definition) is 1. The first-order chi connectivity index (χ1) is 8.74. The molecule has 0 aliphatic carbocycles. The molecule has 0 atom stereocenters. The lowest BCUT2D eigenvalue weighted by molar-refractivity contribution is 0.0955. The van der Waals surface area contributed by atoms with Crippen LogP contribution in [0.25, 0.3) is 10.9 Å². The first-order valence-corrected chi connectivity index (χ1v) is 6.84. The molecule has 0 saturated carbocycles. The molecule has 0 spiro atoms. The standard InChI is InChI=1S/C14H15BrN2O/c1-2-3-8-17-14(18)11-7-9-16-13-10(11)5-4-6-12(13)15/h4-7,9H,2-3,8H2,1H3,(H,17,18). The van der Waals surface area contributed by atoms with E-state index in [2.05, 4.69) is 33.2 Å². The van der Waals surface area contributed by atoms with Crippen LogP contribution >= 0.6 is 15.9 Å². The van der Waals surface area contributed by atoms with Crippen molar-refractivity contribution in [2.24, 2.45) is 0 Å². The summed E-state index contributed by atoms with van der Waals surface area (Å²) in [7, 11) is 0. The van der Waals surface area contributed by atoms with Gasteiger partial charge in [0.25, 0.3) is 5.91 Å². The van der Waals surface area contributed by atoms with Crippen LogP contribution < -0.4 is 5.32 Å². The van der Waals surface area contributed by atoms with Crippen molar-refractivity contribution < 1.29 is 4.79 Å². The fourth-order valence-electron chi connectivity index (χ4n) is 1.81. The van der Waals surface area contributed by atoms with Crippen LogP contribution in [0.2, 0.25) is 0 Å². The maximum atomic E-state index is 12.1. The predicted octanol–water partition coefficient (Wildman–Crippen LogP) is 3.53. The highest BCUT2D eigenvalue weighted by atomic mass is 79.9. The van der Waals surface area contributed by atoms with Crippen LogP contribution in [0.4, 0.5) is 0 Å². The number of hydrogen-bond acceptors (Lipinski definition) is 2. The monoisotopic (exact) mass is 306 g/mol. The molecule has 0 unspecified atom stereocenters. The second-order valence-electron chi connectivity index (χ2n) is 4.10. The molecule has 0 radical (unpaired) electrons. The van der Waals surface area contributed by atoms with Gasteiger partial charge in [-0.2, -0.15) is 0 Å². The molecule has 1 aromatic heterocycles. The van der Waals surface area contributed by atoms with Gasteiger partial charge in [0.1, 0.15) is 0 Å². The van der Waals surface area contributed by atoms with E-state index < -0.39 is 0 Å². The van der Waals surface area contributed by atoms with Gasteiger partial charge in [-0.1, -0.05) is 25.5 Å². The highest BCUT2D eigenvalue weighted by Crippen LogP contribution is 2.24. The van der Waals surface area contributed by atoms with E-state index in [9.17, 15) is 4.79 Å². The van der Waals surface area contributed by atoms with E-state index in [0.717, 1.165) is 28.2 Å². The van der Waals surface area contributed by atoms with Gasteiger partial charge in [-0.15, -0.1) is 0 Å². The zero-order valence-electron chi connectivity index (χ0n) is 10.2. The van der Waals surface area contributed by atoms with E-state index in [1.165, 1.54) is 0 Å². The number of aromatic nitrogens is 1. The Bertz CT molecular complexity index is 569. The summed E-state index contributed by atoms with van der Waals surface area (Å²) < 4.78 is 0.906. The summed E-state index contributed by atoms with van der Waals surface area (Å²) in [5.41, 5.74) is 1.50. The highest BCUT2D eigenvalue weighted by molar-refractivity contribution is 9.10. The van der Waals surface area contributed by atoms with Gasteiger partial charge < -0.3 is 5.32 Å². The normalized spacial score (nSPS) is 10.6. The van der Waals surface area contributed by atoms with Crippen LogP contribution in [0.5, 0.6) is 0 Å². The Labute approximate surface area is 115 Å². The Morgan fingerprint density at radius 2 is 2.22 bits per heavy atom. The molecule has 0 aliphatic rings. The molecule has 0 aliphatic heterocycles. The number of nitrogens with one attached hydrogen (secondary N) is 1. The summed E-state index contributed by atoms with van der Waals surface area (Å²) in [6.07, 6.45) is 3.74. The minimum absolute atomic E-state index is 0.0334. The van der Waals surface area contributed by atoms with E-state index in [4.69, 9.17) is 0 Å². The van der Waals surface area contributed by atoms with Crippen LogP contribution in [-0.4, -0.2) is 17.4 Å². The van der Waals surface area contributed by atoms with Gasteiger partial charge in [-0.3, -0.25) is 9.78 Å². The second-order valence-corrected chi connectivity index (χ2v) is 4.96. The second kappa shape index (κ2) is 5.96. The third-order valence-corrected chi connectivity index (χ3v) is 3.42. The largest absolute Gasteiger partial charge is 0.352 e. The van der Waals surface area contributed by atoms with Gasteiger partial charge in [-0.25, -0.2) is 0 Å². The van der Waals surface area contributed by atoms with Crippen molar-refractivity contribution in [3.05, 3.63) is 40.5 Å². The van der Waals surface area contributed by atoms with Crippen molar-refractivity contribution in [3.63, 3.8) is 0 Å². The van der Waals surface area contributed by atoms with Gasteiger partial charge >= 0.3 is 0 Å². The number of nitrogens with zero attached hydrogens (tertiary/aromatic N) is 1. The molecule has 94 valence electrons. The SMILES string of the molecule is CCCCNC(=O)c1ccnc2c(Br)cccc12. The summed E-state index contributed by atoms with van der Waals surface area (Å²) in [6.45, 7) is 2.82. The van der Waals surface area contributed by atoms with Gasteiger partial charge in [0, 0.05) is 22.6 Å². The molecule has 4 heteroatoms. The van der Waals surface area contributed by atoms with Crippen LogP contribution in [0.15, 0.2) is 34.9 Å². The van der Waals surface area contributed by atoms with Gasteiger partial charge in [-0.05, 0) is 34.5 Å². The van der Waals surface area contributed by atoms with Crippen molar-refractivity contribution in [2.45, 2.75) is 19.8 Å². The minimum Gasteiger partial charge on any atom is -0.352 e.